The second-order valence-corrected chi connectivity index (χ2v) is 3.55. The fourth-order valence-corrected chi connectivity index (χ4v) is 1.41. The van der Waals surface area contributed by atoms with Gasteiger partial charge in [0.25, 0.3) is 0 Å². The molecule has 1 nitrogen and oxygen atoms in total. The molecule has 0 amide bonds. The third-order valence-electron chi connectivity index (χ3n) is 2.06. The zero-order chi connectivity index (χ0) is 10.7. The molecule has 0 saturated carbocycles. The number of benzene rings is 2. The summed E-state index contributed by atoms with van der Waals surface area (Å²) in [6, 6.07) is 16.9. The second kappa shape index (κ2) is 4.28. The maximum atomic E-state index is 11.9. The summed E-state index contributed by atoms with van der Waals surface area (Å²) in [6.45, 7) is 0. The first-order valence-corrected chi connectivity index (χ1v) is 4.92. The maximum Gasteiger partial charge on any atom is 0.193 e. The number of carbonyl (C=O) groups is 1. The molecule has 2 aromatic rings. The molecule has 0 N–H and O–H groups in total. The van der Waals surface area contributed by atoms with Crippen molar-refractivity contribution in [3.8, 4) is 0 Å². The number of rotatable bonds is 2. The van der Waals surface area contributed by atoms with Crippen LogP contribution in [-0.2, 0) is 0 Å². The van der Waals surface area contributed by atoms with Gasteiger partial charge in [-0.3, -0.25) is 4.79 Å². The average Bonchev–Trinajstić information content (AvgIpc) is 2.30. The van der Waals surface area contributed by atoms with E-state index in [0.717, 1.165) is 0 Å². The highest BCUT2D eigenvalue weighted by molar-refractivity contribution is 6.30. The van der Waals surface area contributed by atoms with Crippen LogP contribution in [0.4, 0.5) is 0 Å². The number of hydrogen-bond acceptors (Lipinski definition) is 1. The van der Waals surface area contributed by atoms with E-state index in [0.29, 0.717) is 16.1 Å². The number of hydrogen-bond donors (Lipinski definition) is 0. The van der Waals surface area contributed by atoms with Crippen LogP contribution in [0.1, 0.15) is 15.9 Å². The van der Waals surface area contributed by atoms with Crippen molar-refractivity contribution >= 4 is 17.4 Å². The summed E-state index contributed by atoms with van der Waals surface area (Å²) in [5, 5.41) is 0.583. The van der Waals surface area contributed by atoms with Gasteiger partial charge in [0.05, 0.1) is 0 Å². The smallest absolute Gasteiger partial charge is 0.193 e. The van der Waals surface area contributed by atoms with E-state index < -0.39 is 0 Å². The van der Waals surface area contributed by atoms with E-state index in [1.54, 1.807) is 30.3 Å². The van der Waals surface area contributed by atoms with Gasteiger partial charge in [0, 0.05) is 16.1 Å². The number of ketones is 1. The molecule has 15 heavy (non-hydrogen) atoms. The average molecular weight is 216 g/mol. The molecule has 0 aliphatic carbocycles. The van der Waals surface area contributed by atoms with E-state index in [1.165, 1.54) is 0 Å². The monoisotopic (exact) mass is 215 g/mol. The van der Waals surface area contributed by atoms with E-state index in [1.807, 2.05) is 18.2 Å². The highest BCUT2D eigenvalue weighted by Gasteiger charge is 2.07. The molecule has 2 rings (SSSR count). The molecule has 1 radical (unpaired) electrons. The van der Waals surface area contributed by atoms with Crippen molar-refractivity contribution in [3.63, 3.8) is 0 Å². The lowest BCUT2D eigenvalue weighted by Gasteiger charge is -1.99. The van der Waals surface area contributed by atoms with Crippen LogP contribution in [-0.4, -0.2) is 5.78 Å². The SMILES string of the molecule is O=C(c1[c]cc(Cl)cc1)c1ccccc1. The van der Waals surface area contributed by atoms with Crippen LogP contribution in [0.2, 0.25) is 5.02 Å². The van der Waals surface area contributed by atoms with Gasteiger partial charge in [-0.05, 0) is 24.3 Å². The van der Waals surface area contributed by atoms with Crippen LogP contribution in [0, 0.1) is 6.07 Å². The van der Waals surface area contributed by atoms with Gasteiger partial charge in [-0.2, -0.15) is 0 Å². The molecule has 0 spiro atoms. The Bertz CT molecular complexity index is 460. The molecule has 0 aliphatic rings. The molecule has 0 atom stereocenters. The maximum absolute atomic E-state index is 11.9. The van der Waals surface area contributed by atoms with Gasteiger partial charge >= 0.3 is 0 Å². The van der Waals surface area contributed by atoms with Crippen molar-refractivity contribution in [2.24, 2.45) is 0 Å². The Morgan fingerprint density at radius 1 is 1.07 bits per heavy atom. The molecule has 0 heterocycles. The summed E-state index contributed by atoms with van der Waals surface area (Å²) in [7, 11) is 0. The van der Waals surface area contributed by atoms with Crippen LogP contribution < -0.4 is 0 Å². The Morgan fingerprint density at radius 2 is 1.80 bits per heavy atom. The summed E-state index contributed by atoms with van der Waals surface area (Å²) in [6.07, 6.45) is 0. The minimum absolute atomic E-state index is 0.0349. The highest BCUT2D eigenvalue weighted by atomic mass is 35.5. The van der Waals surface area contributed by atoms with Gasteiger partial charge in [0.2, 0.25) is 0 Å². The van der Waals surface area contributed by atoms with Crippen molar-refractivity contribution in [3.05, 3.63) is 70.7 Å². The van der Waals surface area contributed by atoms with Gasteiger partial charge in [-0.15, -0.1) is 0 Å². The lowest BCUT2D eigenvalue weighted by molar-refractivity contribution is 0.103. The Balaban J connectivity index is 2.33. The Kier molecular flexibility index (Phi) is 2.84. The molecule has 0 saturated heterocycles. The zero-order valence-electron chi connectivity index (χ0n) is 7.91. The van der Waals surface area contributed by atoms with Crippen molar-refractivity contribution in [1.29, 1.82) is 0 Å². The lowest BCUT2D eigenvalue weighted by Crippen LogP contribution is -2.00. The quantitative estimate of drug-likeness (QED) is 0.702. The standard InChI is InChI=1S/C13H8ClO/c14-12-8-6-11(7-9-12)13(15)10-4-2-1-3-5-10/h1-6,8-9H. The van der Waals surface area contributed by atoms with Gasteiger partial charge < -0.3 is 0 Å². The Morgan fingerprint density at radius 3 is 2.40 bits per heavy atom. The molecule has 0 aromatic heterocycles. The Hall–Kier alpha value is -1.60. The molecule has 2 aromatic carbocycles. The van der Waals surface area contributed by atoms with E-state index in [-0.39, 0.29) is 5.78 Å². The van der Waals surface area contributed by atoms with Gasteiger partial charge in [0.1, 0.15) is 0 Å². The van der Waals surface area contributed by atoms with Crippen molar-refractivity contribution < 1.29 is 4.79 Å². The first kappa shape index (κ1) is 9.94. The number of halogens is 1. The Labute approximate surface area is 93.3 Å². The van der Waals surface area contributed by atoms with Crippen LogP contribution in [0.3, 0.4) is 0 Å². The molecule has 2 heteroatoms. The second-order valence-electron chi connectivity index (χ2n) is 3.12. The first-order chi connectivity index (χ1) is 7.27. The molecule has 0 aliphatic heterocycles. The van der Waals surface area contributed by atoms with E-state index in [9.17, 15) is 4.79 Å². The summed E-state index contributed by atoms with van der Waals surface area (Å²) in [4.78, 5) is 11.9. The van der Waals surface area contributed by atoms with Crippen LogP contribution in [0.5, 0.6) is 0 Å². The van der Waals surface area contributed by atoms with Gasteiger partial charge in [-0.25, -0.2) is 0 Å². The highest BCUT2D eigenvalue weighted by Crippen LogP contribution is 2.12. The van der Waals surface area contributed by atoms with Gasteiger partial charge in [0.15, 0.2) is 5.78 Å². The number of carbonyl (C=O) groups excluding carboxylic acids is 1. The third kappa shape index (κ3) is 2.25. The van der Waals surface area contributed by atoms with Crippen LogP contribution >= 0.6 is 11.6 Å². The predicted octanol–water partition coefficient (Wildman–Crippen LogP) is 3.37. The van der Waals surface area contributed by atoms with E-state index in [4.69, 9.17) is 11.6 Å². The van der Waals surface area contributed by atoms with Crippen molar-refractivity contribution in [2.45, 2.75) is 0 Å². The first-order valence-electron chi connectivity index (χ1n) is 4.54. The minimum atomic E-state index is -0.0349. The summed E-state index contributed by atoms with van der Waals surface area (Å²) < 4.78 is 0. The minimum Gasteiger partial charge on any atom is -0.289 e. The lowest BCUT2D eigenvalue weighted by atomic mass is 10.0. The normalized spacial score (nSPS) is 9.93. The van der Waals surface area contributed by atoms with Crippen LogP contribution in [0.15, 0.2) is 48.5 Å². The van der Waals surface area contributed by atoms with Crippen molar-refractivity contribution in [2.75, 3.05) is 0 Å². The molecular formula is C13H8ClO. The molecule has 0 fully saturated rings. The summed E-state index contributed by atoms with van der Waals surface area (Å²) >= 11 is 5.72. The fraction of sp³-hybridized carbons (Fsp3) is 0. The summed E-state index contributed by atoms with van der Waals surface area (Å²) in [5.74, 6) is -0.0349. The van der Waals surface area contributed by atoms with Crippen molar-refractivity contribution in [1.82, 2.24) is 0 Å². The van der Waals surface area contributed by atoms with E-state index in [2.05, 4.69) is 6.07 Å². The van der Waals surface area contributed by atoms with Gasteiger partial charge in [-0.1, -0.05) is 41.9 Å². The summed E-state index contributed by atoms with van der Waals surface area (Å²) in [5.41, 5.74) is 1.20. The fourth-order valence-electron chi connectivity index (χ4n) is 1.29. The zero-order valence-corrected chi connectivity index (χ0v) is 8.66. The largest absolute Gasteiger partial charge is 0.289 e. The molecule has 73 valence electrons. The van der Waals surface area contributed by atoms with Crippen LogP contribution in [0.25, 0.3) is 0 Å². The molecular weight excluding hydrogens is 208 g/mol. The van der Waals surface area contributed by atoms with E-state index >= 15 is 0 Å². The molecule has 0 unspecified atom stereocenters. The molecule has 0 bridgehead atoms. The third-order valence-corrected chi connectivity index (χ3v) is 2.29. The topological polar surface area (TPSA) is 17.1 Å². The predicted molar refractivity (Wildman–Crippen MR) is 60.2 cm³/mol.